The van der Waals surface area contributed by atoms with Crippen LogP contribution in [-0.4, -0.2) is 51.5 Å². The summed E-state index contributed by atoms with van der Waals surface area (Å²) < 4.78 is 5.21. The van der Waals surface area contributed by atoms with Crippen molar-refractivity contribution in [3.8, 4) is 0 Å². The maximum atomic E-state index is 11.7. The number of aliphatic carboxylic acids is 1. The molecule has 0 aromatic carbocycles. The normalized spacial score (nSPS) is 24.1. The summed E-state index contributed by atoms with van der Waals surface area (Å²) in [5.41, 5.74) is -2.34. The van der Waals surface area contributed by atoms with Gasteiger partial charge in [0.05, 0.1) is 0 Å². The van der Waals surface area contributed by atoms with Crippen molar-refractivity contribution in [3.63, 3.8) is 0 Å². The summed E-state index contributed by atoms with van der Waals surface area (Å²) in [6.45, 7) is 6.34. The molecular formula is C12H19NO5. The predicted molar refractivity (Wildman–Crippen MR) is 62.1 cm³/mol. The summed E-state index contributed by atoms with van der Waals surface area (Å²) in [5, 5.41) is 18.5. The maximum Gasteiger partial charge on any atom is 0.410 e. The molecule has 2 rings (SSSR count). The molecule has 0 unspecified atom stereocenters. The number of likely N-dealkylation sites (tertiary alicyclic amines) is 1. The topological polar surface area (TPSA) is 87.1 Å². The Morgan fingerprint density at radius 2 is 1.72 bits per heavy atom. The molecular weight excluding hydrogens is 238 g/mol. The molecule has 102 valence electrons. The summed E-state index contributed by atoms with van der Waals surface area (Å²) in [6, 6.07) is 0. The lowest BCUT2D eigenvalue weighted by atomic mass is 9.55. The fraction of sp³-hybridized carbons (Fsp3) is 0.833. The average molecular weight is 257 g/mol. The first-order chi connectivity index (χ1) is 8.05. The Labute approximate surface area is 106 Å². The van der Waals surface area contributed by atoms with Crippen LogP contribution >= 0.6 is 0 Å². The van der Waals surface area contributed by atoms with Crippen LogP contribution in [0.5, 0.6) is 0 Å². The number of hydrogen-bond acceptors (Lipinski definition) is 4. The van der Waals surface area contributed by atoms with Gasteiger partial charge in [0.15, 0.2) is 5.60 Å². The Hall–Kier alpha value is -1.30. The van der Waals surface area contributed by atoms with Crippen molar-refractivity contribution >= 4 is 12.1 Å². The molecule has 1 aliphatic carbocycles. The zero-order chi connectivity index (χ0) is 13.8. The van der Waals surface area contributed by atoms with Crippen molar-refractivity contribution < 1.29 is 24.5 Å². The van der Waals surface area contributed by atoms with E-state index in [0.717, 1.165) is 0 Å². The van der Waals surface area contributed by atoms with E-state index in [-0.39, 0.29) is 24.3 Å². The highest BCUT2D eigenvalue weighted by Crippen LogP contribution is 2.54. The lowest BCUT2D eigenvalue weighted by Gasteiger charge is -2.60. The molecule has 6 heteroatoms. The van der Waals surface area contributed by atoms with Gasteiger partial charge in [0.1, 0.15) is 5.60 Å². The minimum atomic E-state index is -1.60. The van der Waals surface area contributed by atoms with E-state index in [0.29, 0.717) is 13.1 Å². The second-order valence-corrected chi connectivity index (χ2v) is 6.53. The molecule has 1 heterocycles. The van der Waals surface area contributed by atoms with Crippen LogP contribution < -0.4 is 0 Å². The first kappa shape index (κ1) is 13.1. The number of carbonyl (C=O) groups excluding carboxylic acids is 1. The van der Waals surface area contributed by atoms with E-state index in [1.54, 1.807) is 25.7 Å². The Morgan fingerprint density at radius 1 is 1.22 bits per heavy atom. The SMILES string of the molecule is CC(C)(C)OC(=O)N1CC2(C1)CC(O)(C(=O)O)C2. The molecule has 0 aromatic heterocycles. The smallest absolute Gasteiger partial charge is 0.410 e. The van der Waals surface area contributed by atoms with Gasteiger partial charge < -0.3 is 19.8 Å². The minimum Gasteiger partial charge on any atom is -0.479 e. The first-order valence-electron chi connectivity index (χ1n) is 5.99. The third-order valence-electron chi connectivity index (χ3n) is 3.44. The van der Waals surface area contributed by atoms with Crippen LogP contribution in [0.2, 0.25) is 0 Å². The highest BCUT2D eigenvalue weighted by Gasteiger charge is 2.64. The number of carboxylic acid groups (broad SMARTS) is 1. The van der Waals surface area contributed by atoms with Crippen LogP contribution in [0.25, 0.3) is 0 Å². The number of nitrogens with zero attached hydrogens (tertiary/aromatic N) is 1. The quantitative estimate of drug-likeness (QED) is 0.726. The van der Waals surface area contributed by atoms with Crippen LogP contribution in [0.3, 0.4) is 0 Å². The summed E-state index contributed by atoms with van der Waals surface area (Å²) in [7, 11) is 0. The molecule has 1 aliphatic heterocycles. The first-order valence-corrected chi connectivity index (χ1v) is 5.99. The zero-order valence-corrected chi connectivity index (χ0v) is 10.9. The van der Waals surface area contributed by atoms with Gasteiger partial charge in [-0.05, 0) is 33.6 Å². The predicted octanol–water partition coefficient (Wildman–Crippen LogP) is 0.833. The standard InChI is InChI=1S/C12H19NO5/c1-10(2,3)18-9(16)13-6-11(7-13)4-12(17,5-11)8(14)15/h17H,4-7H2,1-3H3,(H,14,15). The molecule has 2 N–H and O–H groups in total. The fourth-order valence-corrected chi connectivity index (χ4v) is 2.78. The summed E-state index contributed by atoms with van der Waals surface area (Å²) in [4.78, 5) is 24.0. The van der Waals surface area contributed by atoms with E-state index in [9.17, 15) is 14.7 Å². The largest absolute Gasteiger partial charge is 0.479 e. The van der Waals surface area contributed by atoms with Crippen LogP contribution in [-0.2, 0) is 9.53 Å². The lowest BCUT2D eigenvalue weighted by Crippen LogP contribution is -2.71. The molecule has 1 amide bonds. The monoisotopic (exact) mass is 257 g/mol. The molecule has 0 bridgehead atoms. The second-order valence-electron chi connectivity index (χ2n) is 6.53. The molecule has 0 aromatic rings. The molecule has 6 nitrogen and oxygen atoms in total. The maximum absolute atomic E-state index is 11.7. The number of amides is 1. The Bertz CT molecular complexity index is 384. The third kappa shape index (κ3) is 2.16. The molecule has 1 spiro atoms. The van der Waals surface area contributed by atoms with Crippen molar-refractivity contribution in [2.24, 2.45) is 5.41 Å². The van der Waals surface area contributed by atoms with Crippen LogP contribution in [0.4, 0.5) is 4.79 Å². The van der Waals surface area contributed by atoms with Gasteiger partial charge in [-0.3, -0.25) is 0 Å². The number of ether oxygens (including phenoxy) is 1. The minimum absolute atomic E-state index is 0.217. The van der Waals surface area contributed by atoms with Crippen molar-refractivity contribution in [2.75, 3.05) is 13.1 Å². The van der Waals surface area contributed by atoms with Gasteiger partial charge >= 0.3 is 12.1 Å². The molecule has 1 saturated carbocycles. The Kier molecular flexibility index (Phi) is 2.63. The summed E-state index contributed by atoms with van der Waals surface area (Å²) >= 11 is 0. The highest BCUT2D eigenvalue weighted by atomic mass is 16.6. The second kappa shape index (κ2) is 3.60. The number of rotatable bonds is 1. The molecule has 2 fully saturated rings. The van der Waals surface area contributed by atoms with Gasteiger partial charge in [-0.15, -0.1) is 0 Å². The van der Waals surface area contributed by atoms with E-state index in [4.69, 9.17) is 9.84 Å². The van der Waals surface area contributed by atoms with Gasteiger partial charge in [-0.1, -0.05) is 0 Å². The van der Waals surface area contributed by atoms with Gasteiger partial charge in [0, 0.05) is 18.5 Å². The van der Waals surface area contributed by atoms with E-state index in [1.807, 2.05) is 0 Å². The van der Waals surface area contributed by atoms with Crippen molar-refractivity contribution in [1.29, 1.82) is 0 Å². The van der Waals surface area contributed by atoms with Gasteiger partial charge in [0.2, 0.25) is 0 Å². The Morgan fingerprint density at radius 3 is 2.11 bits per heavy atom. The molecule has 0 atom stereocenters. The molecule has 1 saturated heterocycles. The lowest BCUT2D eigenvalue weighted by molar-refractivity contribution is -0.207. The summed E-state index contributed by atoms with van der Waals surface area (Å²) in [5.74, 6) is -1.18. The van der Waals surface area contributed by atoms with Crippen molar-refractivity contribution in [3.05, 3.63) is 0 Å². The number of aliphatic hydroxyl groups is 1. The van der Waals surface area contributed by atoms with E-state index >= 15 is 0 Å². The van der Waals surface area contributed by atoms with E-state index in [2.05, 4.69) is 0 Å². The van der Waals surface area contributed by atoms with E-state index in [1.165, 1.54) is 0 Å². The summed E-state index contributed by atoms with van der Waals surface area (Å²) in [6.07, 6.45) is 0.0578. The van der Waals surface area contributed by atoms with Gasteiger partial charge in [0.25, 0.3) is 0 Å². The van der Waals surface area contributed by atoms with Crippen LogP contribution in [0.1, 0.15) is 33.6 Å². The van der Waals surface area contributed by atoms with Crippen molar-refractivity contribution in [2.45, 2.75) is 44.8 Å². The van der Waals surface area contributed by atoms with Crippen molar-refractivity contribution in [1.82, 2.24) is 4.90 Å². The van der Waals surface area contributed by atoms with Crippen LogP contribution in [0.15, 0.2) is 0 Å². The highest BCUT2D eigenvalue weighted by molar-refractivity contribution is 5.79. The Balaban J connectivity index is 1.82. The molecule has 2 aliphatic rings. The number of hydrogen-bond donors (Lipinski definition) is 2. The average Bonchev–Trinajstić information content (AvgIpc) is 2.04. The number of carboxylic acids is 1. The van der Waals surface area contributed by atoms with Gasteiger partial charge in [-0.25, -0.2) is 9.59 Å². The number of carbonyl (C=O) groups is 2. The van der Waals surface area contributed by atoms with E-state index < -0.39 is 17.2 Å². The van der Waals surface area contributed by atoms with Gasteiger partial charge in [-0.2, -0.15) is 0 Å². The van der Waals surface area contributed by atoms with Crippen LogP contribution in [0, 0.1) is 5.41 Å². The fourth-order valence-electron chi connectivity index (χ4n) is 2.78. The zero-order valence-electron chi connectivity index (χ0n) is 10.9. The molecule has 0 radical (unpaired) electrons. The third-order valence-corrected chi connectivity index (χ3v) is 3.44. The molecule has 18 heavy (non-hydrogen) atoms.